The first-order valence-electron chi connectivity index (χ1n) is 6.15. The van der Waals surface area contributed by atoms with E-state index in [4.69, 9.17) is 10.5 Å². The Bertz CT molecular complexity index is 624. The molecular weight excluding hydrogens is 246 g/mol. The largest absolute Gasteiger partial charge is 0.377 e. The van der Waals surface area contributed by atoms with Crippen molar-refractivity contribution in [2.75, 3.05) is 24.7 Å². The van der Waals surface area contributed by atoms with Gasteiger partial charge in [0.25, 0.3) is 5.91 Å². The summed E-state index contributed by atoms with van der Waals surface area (Å²) in [4.78, 5) is 18.0. The molecule has 1 amide bonds. The molecule has 0 spiro atoms. The van der Waals surface area contributed by atoms with Crippen molar-refractivity contribution in [2.45, 2.75) is 13.0 Å². The standard InChI is InChI=1S/C12H15N5O2/c1-8-7-19-5-4-16(8)10-2-3-17-12(15-10)9(6-14-17)11(13)18/h2-3,6,8H,4-5,7H2,1H3,(H2,13,18)/t8-/m0/s1. The number of amides is 1. The lowest BCUT2D eigenvalue weighted by atomic mass is 10.2. The highest BCUT2D eigenvalue weighted by molar-refractivity contribution is 5.98. The molecule has 0 aliphatic carbocycles. The molecule has 1 aliphatic heterocycles. The van der Waals surface area contributed by atoms with Gasteiger partial charge in [-0.05, 0) is 13.0 Å². The number of nitrogens with two attached hydrogens (primary N) is 1. The number of nitrogens with zero attached hydrogens (tertiary/aromatic N) is 4. The van der Waals surface area contributed by atoms with Gasteiger partial charge < -0.3 is 15.4 Å². The van der Waals surface area contributed by atoms with E-state index in [0.29, 0.717) is 24.4 Å². The lowest BCUT2D eigenvalue weighted by molar-refractivity contribution is 0.0984. The fourth-order valence-corrected chi connectivity index (χ4v) is 2.26. The number of hydrogen-bond acceptors (Lipinski definition) is 5. The van der Waals surface area contributed by atoms with Crippen molar-refractivity contribution in [1.82, 2.24) is 14.6 Å². The number of carbonyl (C=O) groups is 1. The SMILES string of the molecule is C[C@H]1COCCN1c1ccn2ncc(C(N)=O)c2n1. The van der Waals surface area contributed by atoms with Crippen LogP contribution in [-0.4, -0.2) is 46.3 Å². The Balaban J connectivity index is 2.04. The number of carbonyl (C=O) groups excluding carboxylic acids is 1. The molecule has 1 fully saturated rings. The quantitative estimate of drug-likeness (QED) is 0.825. The normalized spacial score (nSPS) is 19.8. The van der Waals surface area contributed by atoms with Gasteiger partial charge in [-0.2, -0.15) is 5.10 Å². The summed E-state index contributed by atoms with van der Waals surface area (Å²) in [5, 5.41) is 4.06. The molecule has 7 heteroatoms. The second kappa shape index (κ2) is 4.51. The molecule has 2 aromatic rings. The van der Waals surface area contributed by atoms with Crippen molar-refractivity contribution < 1.29 is 9.53 Å². The number of hydrogen-bond donors (Lipinski definition) is 1. The van der Waals surface area contributed by atoms with Crippen LogP contribution in [0, 0.1) is 0 Å². The summed E-state index contributed by atoms with van der Waals surface area (Å²) in [7, 11) is 0. The second-order valence-electron chi connectivity index (χ2n) is 4.59. The predicted molar refractivity (Wildman–Crippen MR) is 69.1 cm³/mol. The minimum absolute atomic E-state index is 0.253. The van der Waals surface area contributed by atoms with E-state index < -0.39 is 5.91 Å². The Morgan fingerprint density at radius 2 is 2.42 bits per heavy atom. The number of fused-ring (bicyclic) bond motifs is 1. The van der Waals surface area contributed by atoms with Crippen molar-refractivity contribution in [3.05, 3.63) is 24.0 Å². The molecule has 1 aliphatic rings. The van der Waals surface area contributed by atoms with Crippen LogP contribution in [0.15, 0.2) is 18.5 Å². The average molecular weight is 261 g/mol. The highest BCUT2D eigenvalue weighted by atomic mass is 16.5. The molecule has 0 bridgehead atoms. The topological polar surface area (TPSA) is 85.8 Å². The van der Waals surface area contributed by atoms with E-state index in [0.717, 1.165) is 12.4 Å². The van der Waals surface area contributed by atoms with Crippen LogP contribution >= 0.6 is 0 Å². The summed E-state index contributed by atoms with van der Waals surface area (Å²) < 4.78 is 6.96. The third-order valence-electron chi connectivity index (χ3n) is 3.28. The van der Waals surface area contributed by atoms with Gasteiger partial charge >= 0.3 is 0 Å². The maximum atomic E-state index is 11.3. The number of ether oxygens (including phenoxy) is 1. The second-order valence-corrected chi connectivity index (χ2v) is 4.59. The molecule has 2 aromatic heterocycles. The maximum Gasteiger partial charge on any atom is 0.254 e. The fraction of sp³-hybridized carbons (Fsp3) is 0.417. The molecule has 19 heavy (non-hydrogen) atoms. The first-order chi connectivity index (χ1) is 9.16. The van der Waals surface area contributed by atoms with Gasteiger partial charge in [0, 0.05) is 12.7 Å². The van der Waals surface area contributed by atoms with E-state index in [1.54, 1.807) is 10.7 Å². The van der Waals surface area contributed by atoms with Crippen molar-refractivity contribution in [2.24, 2.45) is 5.73 Å². The summed E-state index contributed by atoms with van der Waals surface area (Å²) in [5.74, 6) is 0.293. The summed E-state index contributed by atoms with van der Waals surface area (Å²) in [5.41, 5.74) is 6.14. The first kappa shape index (κ1) is 11.9. The minimum atomic E-state index is -0.519. The Hall–Kier alpha value is -2.15. The summed E-state index contributed by atoms with van der Waals surface area (Å²) in [6.07, 6.45) is 3.23. The lowest BCUT2D eigenvalue weighted by Gasteiger charge is -2.34. The maximum absolute atomic E-state index is 11.3. The highest BCUT2D eigenvalue weighted by Crippen LogP contribution is 2.19. The molecule has 3 heterocycles. The number of primary amides is 1. The molecule has 1 saturated heterocycles. The molecule has 0 saturated carbocycles. The molecule has 100 valence electrons. The smallest absolute Gasteiger partial charge is 0.254 e. The highest BCUT2D eigenvalue weighted by Gasteiger charge is 2.21. The molecule has 3 rings (SSSR count). The van der Waals surface area contributed by atoms with Crippen LogP contribution in [0.3, 0.4) is 0 Å². The number of aromatic nitrogens is 3. The Morgan fingerprint density at radius 3 is 3.16 bits per heavy atom. The number of morpholine rings is 1. The van der Waals surface area contributed by atoms with E-state index in [9.17, 15) is 4.79 Å². The minimum Gasteiger partial charge on any atom is -0.377 e. The van der Waals surface area contributed by atoms with Gasteiger partial charge in [-0.25, -0.2) is 9.50 Å². The zero-order valence-electron chi connectivity index (χ0n) is 10.6. The van der Waals surface area contributed by atoms with Gasteiger partial charge in [0.15, 0.2) is 5.65 Å². The van der Waals surface area contributed by atoms with Crippen LogP contribution in [-0.2, 0) is 4.74 Å². The molecule has 2 N–H and O–H groups in total. The summed E-state index contributed by atoms with van der Waals surface area (Å²) in [6, 6.07) is 2.13. The van der Waals surface area contributed by atoms with Crippen LogP contribution in [0.2, 0.25) is 0 Å². The van der Waals surface area contributed by atoms with Crippen LogP contribution in [0.1, 0.15) is 17.3 Å². The summed E-state index contributed by atoms with van der Waals surface area (Å²) >= 11 is 0. The van der Waals surface area contributed by atoms with Crippen molar-refractivity contribution >= 4 is 17.4 Å². The van der Waals surface area contributed by atoms with E-state index in [2.05, 4.69) is 21.9 Å². The average Bonchev–Trinajstić information content (AvgIpc) is 2.82. The monoisotopic (exact) mass is 261 g/mol. The van der Waals surface area contributed by atoms with Crippen LogP contribution in [0.5, 0.6) is 0 Å². The molecule has 1 atom stereocenters. The van der Waals surface area contributed by atoms with Crippen molar-refractivity contribution in [3.63, 3.8) is 0 Å². The van der Waals surface area contributed by atoms with E-state index in [1.807, 2.05) is 6.07 Å². The number of anilines is 1. The predicted octanol–water partition coefficient (Wildman–Crippen LogP) is 0.0533. The molecule has 0 aromatic carbocycles. The Kier molecular flexibility index (Phi) is 2.83. The van der Waals surface area contributed by atoms with Gasteiger partial charge in [0.1, 0.15) is 11.4 Å². The molecule has 7 nitrogen and oxygen atoms in total. The first-order valence-corrected chi connectivity index (χ1v) is 6.15. The molecule has 0 unspecified atom stereocenters. The van der Waals surface area contributed by atoms with E-state index >= 15 is 0 Å². The van der Waals surface area contributed by atoms with E-state index in [-0.39, 0.29) is 6.04 Å². The lowest BCUT2D eigenvalue weighted by Crippen LogP contribution is -2.44. The summed E-state index contributed by atoms with van der Waals surface area (Å²) in [6.45, 7) is 4.22. The fourth-order valence-electron chi connectivity index (χ4n) is 2.26. The van der Waals surface area contributed by atoms with Gasteiger partial charge in [-0.3, -0.25) is 4.79 Å². The van der Waals surface area contributed by atoms with Gasteiger partial charge in [-0.1, -0.05) is 0 Å². The number of rotatable bonds is 2. The van der Waals surface area contributed by atoms with E-state index in [1.165, 1.54) is 6.20 Å². The van der Waals surface area contributed by atoms with Gasteiger partial charge in [-0.15, -0.1) is 0 Å². The third-order valence-corrected chi connectivity index (χ3v) is 3.28. The zero-order chi connectivity index (χ0) is 13.4. The zero-order valence-corrected chi connectivity index (χ0v) is 10.6. The third kappa shape index (κ3) is 2.01. The van der Waals surface area contributed by atoms with Crippen molar-refractivity contribution in [1.29, 1.82) is 0 Å². The molecule has 0 radical (unpaired) electrons. The van der Waals surface area contributed by atoms with Gasteiger partial charge in [0.2, 0.25) is 0 Å². The van der Waals surface area contributed by atoms with Crippen molar-refractivity contribution in [3.8, 4) is 0 Å². The Labute approximate surface area is 110 Å². The van der Waals surface area contributed by atoms with Crippen LogP contribution in [0.25, 0.3) is 5.65 Å². The molecular formula is C12H15N5O2. The van der Waals surface area contributed by atoms with Crippen LogP contribution < -0.4 is 10.6 Å². The van der Waals surface area contributed by atoms with Gasteiger partial charge in [0.05, 0.1) is 25.5 Å². The Morgan fingerprint density at radius 1 is 1.58 bits per heavy atom. The van der Waals surface area contributed by atoms with Crippen LogP contribution in [0.4, 0.5) is 5.82 Å².